The monoisotopic (exact) mass is 499 g/mol. The highest BCUT2D eigenvalue weighted by Crippen LogP contribution is 2.42. The van der Waals surface area contributed by atoms with E-state index in [-0.39, 0.29) is 47.2 Å². The molecule has 1 fully saturated rings. The topological polar surface area (TPSA) is 95.3 Å². The Labute approximate surface area is 211 Å². The SMILES string of the molecule is COc1cc2c(c(F)c1OC)C(=N)N(CC(=O)c1cc(N3CCC(O)C3)c(OC)c(C(C)(C)C)c1)C2. The number of carbonyl (C=O) groups excluding carboxylic acids is 1. The minimum absolute atomic E-state index is 0.0587. The van der Waals surface area contributed by atoms with Crippen molar-refractivity contribution in [1.82, 2.24) is 4.90 Å². The zero-order valence-electron chi connectivity index (χ0n) is 21.7. The van der Waals surface area contributed by atoms with Crippen molar-refractivity contribution in [2.75, 3.05) is 45.9 Å². The Hall–Kier alpha value is -3.33. The molecular weight excluding hydrogens is 465 g/mol. The number of anilines is 1. The lowest BCUT2D eigenvalue weighted by molar-refractivity contribution is 0.0962. The maximum absolute atomic E-state index is 15.1. The summed E-state index contributed by atoms with van der Waals surface area (Å²) in [6.45, 7) is 7.41. The number of fused-ring (bicyclic) bond motifs is 1. The van der Waals surface area contributed by atoms with E-state index in [1.54, 1.807) is 24.1 Å². The van der Waals surface area contributed by atoms with E-state index < -0.39 is 11.9 Å². The van der Waals surface area contributed by atoms with Crippen LogP contribution in [0.2, 0.25) is 0 Å². The molecule has 2 N–H and O–H groups in total. The van der Waals surface area contributed by atoms with Crippen LogP contribution >= 0.6 is 0 Å². The smallest absolute Gasteiger partial charge is 0.197 e. The molecule has 1 unspecified atom stereocenters. The third-order valence-electron chi connectivity index (χ3n) is 6.85. The molecule has 9 heteroatoms. The lowest BCUT2D eigenvalue weighted by Crippen LogP contribution is -2.31. The number of ether oxygens (including phenoxy) is 3. The standard InChI is InChI=1S/C27H34FN3O5/c1-27(2,3)18-9-15(10-19(24(18)35-5)30-8-7-17(32)13-30)20(33)14-31-12-16-11-21(34-4)25(36-6)23(28)22(16)26(31)29/h9-11,17,29,32H,7-8,12-14H2,1-6H3. The van der Waals surface area contributed by atoms with Crippen molar-refractivity contribution in [2.45, 2.75) is 45.3 Å². The molecule has 1 atom stereocenters. The van der Waals surface area contributed by atoms with E-state index in [1.165, 1.54) is 14.2 Å². The molecule has 2 aliphatic rings. The van der Waals surface area contributed by atoms with E-state index in [0.29, 0.717) is 36.4 Å². The molecule has 0 bridgehead atoms. The van der Waals surface area contributed by atoms with Crippen LogP contribution < -0.4 is 19.1 Å². The van der Waals surface area contributed by atoms with Gasteiger partial charge in [0, 0.05) is 30.8 Å². The highest BCUT2D eigenvalue weighted by Gasteiger charge is 2.34. The summed E-state index contributed by atoms with van der Waals surface area (Å²) in [7, 11) is 4.39. The number of aliphatic hydroxyl groups excluding tert-OH is 1. The lowest BCUT2D eigenvalue weighted by atomic mass is 9.84. The average molecular weight is 500 g/mol. The summed E-state index contributed by atoms with van der Waals surface area (Å²) in [6, 6.07) is 5.29. The molecule has 2 aromatic rings. The number of Topliss-reactive ketones (excluding diaryl/α,β-unsaturated/α-hetero) is 1. The zero-order valence-corrected chi connectivity index (χ0v) is 21.7. The van der Waals surface area contributed by atoms with Crippen LogP contribution in [0.4, 0.5) is 10.1 Å². The molecule has 2 heterocycles. The van der Waals surface area contributed by atoms with Gasteiger partial charge < -0.3 is 29.1 Å². The Kier molecular flexibility index (Phi) is 6.88. The second kappa shape index (κ2) is 9.61. The molecule has 1 saturated heterocycles. The first-order chi connectivity index (χ1) is 17.0. The van der Waals surface area contributed by atoms with E-state index in [2.05, 4.69) is 20.8 Å². The van der Waals surface area contributed by atoms with Gasteiger partial charge in [-0.05, 0) is 35.6 Å². The first-order valence-corrected chi connectivity index (χ1v) is 12.0. The Morgan fingerprint density at radius 1 is 1.14 bits per heavy atom. The van der Waals surface area contributed by atoms with Gasteiger partial charge in [0.25, 0.3) is 0 Å². The number of nitrogens with one attached hydrogen (secondary N) is 1. The van der Waals surface area contributed by atoms with Crippen LogP contribution in [0.15, 0.2) is 18.2 Å². The van der Waals surface area contributed by atoms with Crippen LogP contribution in [0.1, 0.15) is 54.2 Å². The van der Waals surface area contributed by atoms with Gasteiger partial charge >= 0.3 is 0 Å². The van der Waals surface area contributed by atoms with Crippen LogP contribution in [-0.4, -0.2) is 68.7 Å². The van der Waals surface area contributed by atoms with Gasteiger partial charge in [0.15, 0.2) is 23.1 Å². The van der Waals surface area contributed by atoms with Crippen molar-refractivity contribution in [3.63, 3.8) is 0 Å². The Morgan fingerprint density at radius 2 is 1.83 bits per heavy atom. The van der Waals surface area contributed by atoms with Crippen molar-refractivity contribution in [3.05, 3.63) is 46.3 Å². The first kappa shape index (κ1) is 25.8. The van der Waals surface area contributed by atoms with Crippen molar-refractivity contribution in [1.29, 1.82) is 5.41 Å². The number of carbonyl (C=O) groups is 1. The fraction of sp³-hybridized carbons (Fsp3) is 0.481. The largest absolute Gasteiger partial charge is 0.494 e. The van der Waals surface area contributed by atoms with Gasteiger partial charge in [-0.2, -0.15) is 0 Å². The van der Waals surface area contributed by atoms with Gasteiger partial charge in [-0.1, -0.05) is 20.8 Å². The normalized spacial score (nSPS) is 17.4. The summed E-state index contributed by atoms with van der Waals surface area (Å²) < 4.78 is 31.3. The number of amidine groups is 1. The van der Waals surface area contributed by atoms with Crippen LogP contribution in [0.5, 0.6) is 17.2 Å². The minimum atomic E-state index is -0.666. The quantitative estimate of drug-likeness (QED) is 0.561. The summed E-state index contributed by atoms with van der Waals surface area (Å²) in [4.78, 5) is 17.1. The van der Waals surface area contributed by atoms with Gasteiger partial charge in [0.05, 0.1) is 45.2 Å². The number of methoxy groups -OCH3 is 3. The van der Waals surface area contributed by atoms with E-state index >= 15 is 4.39 Å². The molecule has 0 radical (unpaired) electrons. The number of hydrogen-bond acceptors (Lipinski definition) is 7. The molecule has 0 aromatic heterocycles. The molecule has 2 aliphatic heterocycles. The predicted molar refractivity (Wildman–Crippen MR) is 136 cm³/mol. The van der Waals surface area contributed by atoms with Gasteiger partial charge in [0.2, 0.25) is 0 Å². The van der Waals surface area contributed by atoms with E-state index in [9.17, 15) is 9.90 Å². The summed E-state index contributed by atoms with van der Waals surface area (Å²) in [5.74, 6) is -0.0455. The first-order valence-electron chi connectivity index (χ1n) is 12.0. The van der Waals surface area contributed by atoms with Crippen molar-refractivity contribution < 1.29 is 28.5 Å². The molecule has 8 nitrogen and oxygen atoms in total. The number of aliphatic hydroxyl groups is 1. The Balaban J connectivity index is 1.68. The van der Waals surface area contributed by atoms with Crippen LogP contribution in [0.25, 0.3) is 0 Å². The van der Waals surface area contributed by atoms with Gasteiger partial charge in [-0.25, -0.2) is 4.39 Å². The van der Waals surface area contributed by atoms with Crippen LogP contribution in [0.3, 0.4) is 0 Å². The maximum atomic E-state index is 15.1. The van der Waals surface area contributed by atoms with E-state index in [1.807, 2.05) is 11.0 Å². The third-order valence-corrected chi connectivity index (χ3v) is 6.85. The molecule has 0 amide bonds. The number of halogens is 1. The van der Waals surface area contributed by atoms with Gasteiger partial charge in [0.1, 0.15) is 11.6 Å². The molecular formula is C27H34FN3O5. The van der Waals surface area contributed by atoms with Gasteiger partial charge in [-0.15, -0.1) is 0 Å². The third kappa shape index (κ3) is 4.48. The van der Waals surface area contributed by atoms with Crippen LogP contribution in [-0.2, 0) is 12.0 Å². The van der Waals surface area contributed by atoms with Crippen molar-refractivity contribution in [2.24, 2.45) is 0 Å². The molecule has 4 rings (SSSR count). The van der Waals surface area contributed by atoms with Gasteiger partial charge in [-0.3, -0.25) is 10.2 Å². The summed E-state index contributed by atoms with van der Waals surface area (Å²) >= 11 is 0. The molecule has 0 aliphatic carbocycles. The van der Waals surface area contributed by atoms with Crippen molar-refractivity contribution in [3.8, 4) is 17.2 Å². The Morgan fingerprint density at radius 3 is 2.39 bits per heavy atom. The molecule has 0 saturated carbocycles. The Bertz CT molecular complexity index is 1210. The second-order valence-corrected chi connectivity index (χ2v) is 10.3. The number of β-amino-alcohol motifs (C(OH)–C–C–N with tert-alkyl or cyclic N) is 1. The molecule has 194 valence electrons. The fourth-order valence-corrected chi connectivity index (χ4v) is 4.97. The fourth-order valence-electron chi connectivity index (χ4n) is 4.97. The summed E-state index contributed by atoms with van der Waals surface area (Å²) in [5.41, 5.74) is 2.52. The number of ketones is 1. The highest BCUT2D eigenvalue weighted by atomic mass is 19.1. The lowest BCUT2D eigenvalue weighted by Gasteiger charge is -2.29. The number of benzene rings is 2. The molecule has 0 spiro atoms. The summed E-state index contributed by atoms with van der Waals surface area (Å²) in [6.07, 6.45) is 0.216. The number of hydrogen-bond donors (Lipinski definition) is 2. The number of rotatable bonds is 7. The second-order valence-electron chi connectivity index (χ2n) is 10.3. The number of nitrogens with zero attached hydrogens (tertiary/aromatic N) is 2. The van der Waals surface area contributed by atoms with E-state index in [0.717, 1.165) is 11.3 Å². The summed E-state index contributed by atoms with van der Waals surface area (Å²) in [5, 5.41) is 18.7. The van der Waals surface area contributed by atoms with Crippen molar-refractivity contribution >= 4 is 17.3 Å². The average Bonchev–Trinajstić information content (AvgIpc) is 3.40. The molecule has 36 heavy (non-hydrogen) atoms. The predicted octanol–water partition coefficient (Wildman–Crippen LogP) is 3.74. The van der Waals surface area contributed by atoms with E-state index in [4.69, 9.17) is 19.6 Å². The zero-order chi connectivity index (χ0) is 26.4. The van der Waals surface area contributed by atoms with Crippen LogP contribution in [0, 0.1) is 11.2 Å². The minimum Gasteiger partial charge on any atom is -0.494 e. The molecule has 2 aromatic carbocycles. The highest BCUT2D eigenvalue weighted by molar-refractivity contribution is 6.06. The maximum Gasteiger partial charge on any atom is 0.197 e.